The van der Waals surface area contributed by atoms with Gasteiger partial charge in [-0.15, -0.1) is 0 Å². The first kappa shape index (κ1) is 13.8. The number of halogens is 1. The van der Waals surface area contributed by atoms with Gasteiger partial charge in [0.25, 0.3) is 0 Å². The fourth-order valence-corrected chi connectivity index (χ4v) is 3.75. The molecule has 0 unspecified atom stereocenters. The van der Waals surface area contributed by atoms with Crippen LogP contribution in [0.15, 0.2) is 23.1 Å². The molecule has 4 nitrogen and oxygen atoms in total. The third-order valence-corrected chi connectivity index (χ3v) is 5.17. The second kappa shape index (κ2) is 4.81. The molecule has 1 saturated carbocycles. The summed E-state index contributed by atoms with van der Waals surface area (Å²) in [6.45, 7) is 2.51. The smallest absolute Gasteiger partial charge is 0.242 e. The van der Waals surface area contributed by atoms with Gasteiger partial charge in [0.2, 0.25) is 10.0 Å². The van der Waals surface area contributed by atoms with E-state index in [1.807, 2.05) is 20.0 Å². The van der Waals surface area contributed by atoms with E-state index >= 15 is 0 Å². The fourth-order valence-electron chi connectivity index (χ4n) is 1.74. The highest BCUT2D eigenvalue weighted by Gasteiger charge is 2.41. The lowest BCUT2D eigenvalue weighted by Gasteiger charge is -2.14. The van der Waals surface area contributed by atoms with Crippen LogP contribution in [0.5, 0.6) is 0 Å². The average Bonchev–Trinajstić information content (AvgIpc) is 2.98. The van der Waals surface area contributed by atoms with Gasteiger partial charge in [0, 0.05) is 12.1 Å². The summed E-state index contributed by atoms with van der Waals surface area (Å²) in [6.07, 6.45) is 1.75. The van der Waals surface area contributed by atoms with E-state index in [0.717, 1.165) is 18.4 Å². The summed E-state index contributed by atoms with van der Waals surface area (Å²) in [5.74, 6) is 0. The first-order valence-electron chi connectivity index (χ1n) is 5.83. The van der Waals surface area contributed by atoms with Gasteiger partial charge in [-0.05, 0) is 44.5 Å². The molecule has 1 aromatic carbocycles. The van der Waals surface area contributed by atoms with E-state index in [-0.39, 0.29) is 15.5 Å². The summed E-state index contributed by atoms with van der Waals surface area (Å²) in [4.78, 5) is 0.157. The molecule has 2 rings (SSSR count). The minimum Gasteiger partial charge on any atom is -0.316 e. The molecule has 0 spiro atoms. The van der Waals surface area contributed by atoms with Gasteiger partial charge in [-0.1, -0.05) is 17.7 Å². The second-order valence-electron chi connectivity index (χ2n) is 4.96. The van der Waals surface area contributed by atoms with E-state index < -0.39 is 10.0 Å². The molecule has 2 N–H and O–H groups in total. The summed E-state index contributed by atoms with van der Waals surface area (Å²) in [5, 5.41) is 3.24. The number of nitrogens with one attached hydrogen (secondary N) is 2. The van der Waals surface area contributed by atoms with Crippen molar-refractivity contribution in [1.29, 1.82) is 0 Å². The van der Waals surface area contributed by atoms with Crippen LogP contribution >= 0.6 is 11.6 Å². The van der Waals surface area contributed by atoms with Crippen molar-refractivity contribution in [2.75, 3.05) is 7.05 Å². The van der Waals surface area contributed by atoms with Crippen molar-refractivity contribution >= 4 is 21.6 Å². The van der Waals surface area contributed by atoms with Crippen LogP contribution in [0.3, 0.4) is 0 Å². The minimum atomic E-state index is -3.54. The van der Waals surface area contributed by atoms with Gasteiger partial charge >= 0.3 is 0 Å². The number of rotatable bonds is 5. The van der Waals surface area contributed by atoms with Crippen LogP contribution in [-0.4, -0.2) is 21.0 Å². The lowest BCUT2D eigenvalue weighted by molar-refractivity contribution is 0.558. The van der Waals surface area contributed by atoms with Crippen molar-refractivity contribution in [2.24, 2.45) is 0 Å². The van der Waals surface area contributed by atoms with Gasteiger partial charge in [0.1, 0.15) is 4.90 Å². The van der Waals surface area contributed by atoms with Gasteiger partial charge in [0.15, 0.2) is 0 Å². The maximum Gasteiger partial charge on any atom is 0.242 e. The maximum atomic E-state index is 12.2. The third kappa shape index (κ3) is 3.03. The summed E-state index contributed by atoms with van der Waals surface area (Å²) in [6, 6.07) is 5.06. The Morgan fingerprint density at radius 1 is 1.39 bits per heavy atom. The highest BCUT2D eigenvalue weighted by atomic mass is 35.5. The van der Waals surface area contributed by atoms with Crippen LogP contribution in [0, 0.1) is 0 Å². The zero-order chi connectivity index (χ0) is 13.4. The molecule has 0 radical (unpaired) electrons. The van der Waals surface area contributed by atoms with Crippen LogP contribution < -0.4 is 10.0 Å². The Balaban J connectivity index is 2.33. The molecule has 0 amide bonds. The number of hydrogen-bond acceptors (Lipinski definition) is 3. The van der Waals surface area contributed by atoms with Crippen molar-refractivity contribution < 1.29 is 8.42 Å². The van der Waals surface area contributed by atoms with Crippen LogP contribution in [0.25, 0.3) is 0 Å². The van der Waals surface area contributed by atoms with E-state index in [1.54, 1.807) is 12.1 Å². The Hall–Kier alpha value is -0.620. The van der Waals surface area contributed by atoms with Crippen molar-refractivity contribution in [3.8, 4) is 0 Å². The first-order valence-corrected chi connectivity index (χ1v) is 7.69. The molecule has 1 aliphatic rings. The molecule has 100 valence electrons. The van der Waals surface area contributed by atoms with Gasteiger partial charge in [0.05, 0.1) is 5.02 Å². The molecule has 0 atom stereocenters. The predicted octanol–water partition coefficient (Wildman–Crippen LogP) is 1.89. The molecule has 1 fully saturated rings. The Labute approximate surface area is 113 Å². The lowest BCUT2D eigenvalue weighted by Crippen LogP contribution is -2.34. The van der Waals surface area contributed by atoms with Gasteiger partial charge in [-0.2, -0.15) is 0 Å². The monoisotopic (exact) mass is 288 g/mol. The Morgan fingerprint density at radius 3 is 2.61 bits per heavy atom. The van der Waals surface area contributed by atoms with Gasteiger partial charge in [-0.3, -0.25) is 0 Å². The molecule has 6 heteroatoms. The van der Waals surface area contributed by atoms with Crippen LogP contribution in [0.1, 0.15) is 25.3 Å². The van der Waals surface area contributed by atoms with Crippen molar-refractivity contribution in [1.82, 2.24) is 10.0 Å². The maximum absolute atomic E-state index is 12.2. The molecule has 18 heavy (non-hydrogen) atoms. The van der Waals surface area contributed by atoms with E-state index in [2.05, 4.69) is 10.0 Å². The lowest BCUT2D eigenvalue weighted by atomic mass is 10.2. The molecular formula is C12H17ClN2O2S. The zero-order valence-corrected chi connectivity index (χ0v) is 12.0. The topological polar surface area (TPSA) is 58.2 Å². The third-order valence-electron chi connectivity index (χ3n) is 3.05. The van der Waals surface area contributed by atoms with Gasteiger partial charge < -0.3 is 5.32 Å². The SMILES string of the molecule is CNCc1ccc(Cl)c(S(=O)(=O)NC2(C)CC2)c1. The molecule has 1 aromatic rings. The van der Waals surface area contributed by atoms with Crippen molar-refractivity contribution in [3.05, 3.63) is 28.8 Å². The average molecular weight is 289 g/mol. The molecule has 0 aromatic heterocycles. The summed E-state index contributed by atoms with van der Waals surface area (Å²) < 4.78 is 27.2. The molecule has 0 bridgehead atoms. The summed E-state index contributed by atoms with van der Waals surface area (Å²) >= 11 is 5.99. The standard InChI is InChI=1S/C12H17ClN2O2S/c1-12(5-6-12)15-18(16,17)11-7-9(8-14-2)3-4-10(11)13/h3-4,7,14-15H,5-6,8H2,1-2H3. The second-order valence-corrected chi connectivity index (χ2v) is 7.02. The van der Waals surface area contributed by atoms with E-state index in [0.29, 0.717) is 6.54 Å². The number of benzene rings is 1. The Morgan fingerprint density at radius 2 is 2.06 bits per heavy atom. The van der Waals surface area contributed by atoms with Crippen LogP contribution in [0.4, 0.5) is 0 Å². The van der Waals surface area contributed by atoms with Crippen molar-refractivity contribution in [2.45, 2.75) is 36.7 Å². The van der Waals surface area contributed by atoms with Crippen molar-refractivity contribution in [3.63, 3.8) is 0 Å². The molecule has 1 aliphatic carbocycles. The highest BCUT2D eigenvalue weighted by Crippen LogP contribution is 2.36. The highest BCUT2D eigenvalue weighted by molar-refractivity contribution is 7.89. The predicted molar refractivity (Wildman–Crippen MR) is 72.2 cm³/mol. The summed E-state index contributed by atoms with van der Waals surface area (Å²) in [5.41, 5.74) is 0.601. The Bertz CT molecular complexity index is 553. The number of hydrogen-bond donors (Lipinski definition) is 2. The van der Waals surface area contributed by atoms with E-state index in [1.165, 1.54) is 0 Å². The Kier molecular flexibility index (Phi) is 3.69. The normalized spacial score (nSPS) is 17.7. The molecule has 0 aliphatic heterocycles. The first-order chi connectivity index (χ1) is 8.36. The van der Waals surface area contributed by atoms with Crippen LogP contribution in [0.2, 0.25) is 5.02 Å². The molecule has 0 saturated heterocycles. The zero-order valence-electron chi connectivity index (χ0n) is 10.5. The molecular weight excluding hydrogens is 272 g/mol. The van der Waals surface area contributed by atoms with E-state index in [4.69, 9.17) is 11.6 Å². The minimum absolute atomic E-state index is 0.157. The summed E-state index contributed by atoms with van der Waals surface area (Å²) in [7, 11) is -1.72. The fraction of sp³-hybridized carbons (Fsp3) is 0.500. The van der Waals surface area contributed by atoms with E-state index in [9.17, 15) is 8.42 Å². The molecule has 0 heterocycles. The number of sulfonamides is 1. The quantitative estimate of drug-likeness (QED) is 0.870. The van der Waals surface area contributed by atoms with Crippen LogP contribution in [-0.2, 0) is 16.6 Å². The van der Waals surface area contributed by atoms with Gasteiger partial charge in [-0.25, -0.2) is 13.1 Å². The largest absolute Gasteiger partial charge is 0.316 e.